The van der Waals surface area contributed by atoms with Crippen LogP contribution in [-0.4, -0.2) is 6.03 Å². The average molecular weight is 268 g/mol. The lowest BCUT2D eigenvalue weighted by Gasteiger charge is -2.12. The van der Waals surface area contributed by atoms with Gasteiger partial charge in [-0.15, -0.1) is 0 Å². The van der Waals surface area contributed by atoms with Gasteiger partial charge in [-0.2, -0.15) is 0 Å². The van der Waals surface area contributed by atoms with E-state index in [1.54, 1.807) is 6.20 Å². The van der Waals surface area contributed by atoms with Gasteiger partial charge in [0.05, 0.1) is 5.69 Å². The molecule has 3 heteroatoms. The number of anilines is 1. The van der Waals surface area contributed by atoms with E-state index < -0.39 is 0 Å². The Labute approximate surface area is 119 Å². The van der Waals surface area contributed by atoms with Crippen LogP contribution >= 0.6 is 0 Å². The van der Waals surface area contributed by atoms with Crippen molar-refractivity contribution in [3.8, 4) is 0 Å². The van der Waals surface area contributed by atoms with E-state index >= 15 is 0 Å². The Hall–Kier alpha value is -2.29. The Morgan fingerprint density at radius 3 is 2.50 bits per heavy atom. The predicted molar refractivity (Wildman–Crippen MR) is 84.7 cm³/mol. The molecule has 0 radical (unpaired) electrons. The molecule has 2 aromatic carbocycles. The normalized spacial score (nSPS) is 11.8. The molecule has 0 atom stereocenters. The number of hydrogen-bond donors (Lipinski definition) is 2. The minimum Gasteiger partial charge on any atom is -0.315 e. The van der Waals surface area contributed by atoms with Crippen LogP contribution in [0.4, 0.5) is 10.5 Å². The van der Waals surface area contributed by atoms with Gasteiger partial charge in [-0.1, -0.05) is 63.2 Å². The van der Waals surface area contributed by atoms with Crippen LogP contribution in [0, 0.1) is 5.41 Å². The van der Waals surface area contributed by atoms with Crippen LogP contribution in [0.5, 0.6) is 0 Å². The van der Waals surface area contributed by atoms with Gasteiger partial charge in [0.25, 0.3) is 0 Å². The highest BCUT2D eigenvalue weighted by atomic mass is 16.2. The number of nitrogens with one attached hydrogen (secondary N) is 2. The number of hydrogen-bond acceptors (Lipinski definition) is 1. The second-order valence-corrected chi connectivity index (χ2v) is 5.82. The first-order valence-electron chi connectivity index (χ1n) is 6.69. The Balaban J connectivity index is 2.09. The lowest BCUT2D eigenvalue weighted by atomic mass is 9.97. The van der Waals surface area contributed by atoms with E-state index in [1.165, 1.54) is 0 Å². The number of rotatable bonds is 2. The van der Waals surface area contributed by atoms with Gasteiger partial charge in [-0.25, -0.2) is 4.79 Å². The first kappa shape index (κ1) is 14.1. The molecule has 0 aliphatic heterocycles. The van der Waals surface area contributed by atoms with Crippen LogP contribution < -0.4 is 10.6 Å². The van der Waals surface area contributed by atoms with E-state index in [1.807, 2.05) is 48.5 Å². The van der Waals surface area contributed by atoms with Crippen LogP contribution in [0.1, 0.15) is 20.8 Å². The molecule has 20 heavy (non-hydrogen) atoms. The second kappa shape index (κ2) is 5.78. The second-order valence-electron chi connectivity index (χ2n) is 5.82. The molecule has 2 amide bonds. The highest BCUT2D eigenvalue weighted by Gasteiger charge is 2.05. The summed E-state index contributed by atoms with van der Waals surface area (Å²) in [5, 5.41) is 7.73. The van der Waals surface area contributed by atoms with Crippen molar-refractivity contribution in [1.82, 2.24) is 5.32 Å². The molecule has 0 unspecified atom stereocenters. The number of carbonyl (C=O) groups is 1. The molecule has 0 heterocycles. The van der Waals surface area contributed by atoms with E-state index in [2.05, 4.69) is 31.4 Å². The monoisotopic (exact) mass is 268 g/mol. The predicted octanol–water partition coefficient (Wildman–Crippen LogP) is 4.52. The van der Waals surface area contributed by atoms with E-state index in [-0.39, 0.29) is 11.4 Å². The Morgan fingerprint density at radius 2 is 1.75 bits per heavy atom. The summed E-state index contributed by atoms with van der Waals surface area (Å²) in [7, 11) is 0. The summed E-state index contributed by atoms with van der Waals surface area (Å²) in [4.78, 5) is 11.9. The van der Waals surface area contributed by atoms with Gasteiger partial charge in [-0.05, 0) is 16.9 Å². The number of amides is 2. The Kier molecular flexibility index (Phi) is 4.08. The summed E-state index contributed by atoms with van der Waals surface area (Å²) in [6, 6.07) is 13.6. The molecule has 0 bridgehead atoms. The summed E-state index contributed by atoms with van der Waals surface area (Å²) in [6.45, 7) is 6.23. The molecule has 2 N–H and O–H groups in total. The summed E-state index contributed by atoms with van der Waals surface area (Å²) in [5.74, 6) is 0. The lowest BCUT2D eigenvalue weighted by Crippen LogP contribution is -2.24. The first-order valence-corrected chi connectivity index (χ1v) is 6.69. The molecule has 0 spiro atoms. The van der Waals surface area contributed by atoms with E-state index in [4.69, 9.17) is 0 Å². The fraction of sp³-hybridized carbons (Fsp3) is 0.235. The lowest BCUT2D eigenvalue weighted by molar-refractivity contribution is 0.255. The average Bonchev–Trinajstić information content (AvgIpc) is 2.37. The number of carbonyl (C=O) groups excluding carboxylic acids is 1. The maximum Gasteiger partial charge on any atom is 0.323 e. The molecular formula is C17H20N2O. The summed E-state index contributed by atoms with van der Waals surface area (Å²) >= 11 is 0. The van der Waals surface area contributed by atoms with Crippen molar-refractivity contribution in [3.05, 3.63) is 54.7 Å². The first-order chi connectivity index (χ1) is 9.46. The molecule has 0 aliphatic rings. The molecule has 0 aromatic heterocycles. The van der Waals surface area contributed by atoms with Crippen LogP contribution in [0.15, 0.2) is 54.7 Å². The van der Waals surface area contributed by atoms with E-state index in [9.17, 15) is 4.79 Å². The standard InChI is InChI=1S/C17H20N2O/c1-17(2,3)11-12-18-16(20)19-15-10-6-8-13-7-4-5-9-14(13)15/h4-12H,1-3H3,(H2,18,19,20)/b12-11+. The zero-order valence-electron chi connectivity index (χ0n) is 12.1. The van der Waals surface area contributed by atoms with Gasteiger partial charge < -0.3 is 10.6 Å². The third kappa shape index (κ3) is 3.85. The van der Waals surface area contributed by atoms with Crippen LogP contribution in [-0.2, 0) is 0 Å². The zero-order valence-corrected chi connectivity index (χ0v) is 12.1. The van der Waals surface area contributed by atoms with Crippen LogP contribution in [0.3, 0.4) is 0 Å². The third-order valence-electron chi connectivity index (χ3n) is 2.84. The minimum atomic E-state index is -0.234. The smallest absolute Gasteiger partial charge is 0.315 e. The molecule has 0 fully saturated rings. The minimum absolute atomic E-state index is 0.0483. The maximum atomic E-state index is 11.9. The highest BCUT2D eigenvalue weighted by Crippen LogP contribution is 2.22. The Bertz CT molecular complexity index is 633. The molecule has 104 valence electrons. The number of urea groups is 1. The fourth-order valence-corrected chi connectivity index (χ4v) is 1.86. The van der Waals surface area contributed by atoms with Crippen molar-refractivity contribution in [2.24, 2.45) is 5.41 Å². The van der Waals surface area contributed by atoms with Crippen molar-refractivity contribution in [1.29, 1.82) is 0 Å². The van der Waals surface area contributed by atoms with Crippen molar-refractivity contribution in [2.75, 3.05) is 5.32 Å². The molecule has 2 rings (SSSR count). The molecule has 0 aliphatic carbocycles. The summed E-state index contributed by atoms with van der Waals surface area (Å²) in [6.07, 6.45) is 3.64. The summed E-state index contributed by atoms with van der Waals surface area (Å²) in [5.41, 5.74) is 0.858. The molecule has 3 nitrogen and oxygen atoms in total. The number of fused-ring (bicyclic) bond motifs is 1. The van der Waals surface area contributed by atoms with Gasteiger partial charge in [0.15, 0.2) is 0 Å². The van der Waals surface area contributed by atoms with E-state index in [0.717, 1.165) is 16.5 Å². The van der Waals surface area contributed by atoms with Gasteiger partial charge in [0.1, 0.15) is 0 Å². The van der Waals surface area contributed by atoms with Gasteiger partial charge in [0, 0.05) is 11.6 Å². The largest absolute Gasteiger partial charge is 0.323 e. The van der Waals surface area contributed by atoms with Gasteiger partial charge in [-0.3, -0.25) is 0 Å². The number of allylic oxidation sites excluding steroid dienone is 1. The highest BCUT2D eigenvalue weighted by molar-refractivity contribution is 6.01. The summed E-state index contributed by atoms with van der Waals surface area (Å²) < 4.78 is 0. The van der Waals surface area contributed by atoms with Gasteiger partial charge in [0.2, 0.25) is 0 Å². The maximum absolute atomic E-state index is 11.9. The van der Waals surface area contributed by atoms with Gasteiger partial charge >= 0.3 is 6.03 Å². The molecule has 0 saturated heterocycles. The fourth-order valence-electron chi connectivity index (χ4n) is 1.86. The third-order valence-corrected chi connectivity index (χ3v) is 2.84. The van der Waals surface area contributed by atoms with Crippen molar-refractivity contribution < 1.29 is 4.79 Å². The quantitative estimate of drug-likeness (QED) is 0.826. The van der Waals surface area contributed by atoms with Crippen LogP contribution in [0.25, 0.3) is 10.8 Å². The molecular weight excluding hydrogens is 248 g/mol. The van der Waals surface area contributed by atoms with Crippen molar-refractivity contribution >= 4 is 22.5 Å². The number of benzene rings is 2. The topological polar surface area (TPSA) is 41.1 Å². The van der Waals surface area contributed by atoms with Crippen molar-refractivity contribution in [3.63, 3.8) is 0 Å². The van der Waals surface area contributed by atoms with Crippen LogP contribution in [0.2, 0.25) is 0 Å². The Morgan fingerprint density at radius 1 is 1.05 bits per heavy atom. The molecule has 2 aromatic rings. The molecule has 0 saturated carbocycles. The SMILES string of the molecule is CC(C)(C)/C=C/NC(=O)Nc1cccc2ccccc12. The van der Waals surface area contributed by atoms with E-state index in [0.29, 0.717) is 0 Å². The van der Waals surface area contributed by atoms with Crippen molar-refractivity contribution in [2.45, 2.75) is 20.8 Å². The zero-order chi connectivity index (χ0) is 14.6.